The number of methoxy groups -OCH3 is 1. The highest BCUT2D eigenvalue weighted by atomic mass is 79.9. The number of hydrogen-bond acceptors (Lipinski definition) is 4. The van der Waals surface area contributed by atoms with Gasteiger partial charge in [0.05, 0.1) is 34.2 Å². The van der Waals surface area contributed by atoms with E-state index in [1.807, 2.05) is 0 Å². The molecule has 2 aromatic rings. The molecular weight excluding hydrogens is 346 g/mol. The number of esters is 1. The maximum absolute atomic E-state index is 13.8. The second-order valence-corrected chi connectivity index (χ2v) is 4.99. The zero-order chi connectivity index (χ0) is 15.6. The molecule has 0 aromatic heterocycles. The van der Waals surface area contributed by atoms with E-state index in [1.54, 1.807) is 12.1 Å². The number of benzene rings is 2. The smallest absolute Gasteiger partial charge is 0.340 e. The Balaban J connectivity index is 2.49. The van der Waals surface area contributed by atoms with Gasteiger partial charge >= 0.3 is 5.97 Å². The molecule has 0 aliphatic heterocycles. The van der Waals surface area contributed by atoms with Gasteiger partial charge in [-0.2, -0.15) is 0 Å². The lowest BCUT2D eigenvalue weighted by Gasteiger charge is -2.14. The van der Waals surface area contributed by atoms with Crippen LogP contribution in [0.3, 0.4) is 0 Å². The average Bonchev–Trinajstić information content (AvgIpc) is 2.45. The number of rotatable bonds is 3. The van der Waals surface area contributed by atoms with E-state index >= 15 is 0 Å². The van der Waals surface area contributed by atoms with Gasteiger partial charge in [0.15, 0.2) is 0 Å². The summed E-state index contributed by atoms with van der Waals surface area (Å²) in [6, 6.07) is 6.55. The summed E-state index contributed by atoms with van der Waals surface area (Å²) in [4.78, 5) is 11.7. The second-order valence-electron chi connectivity index (χ2n) is 4.13. The molecule has 2 aromatic carbocycles. The van der Waals surface area contributed by atoms with Crippen molar-refractivity contribution in [1.29, 1.82) is 0 Å². The van der Waals surface area contributed by atoms with Crippen molar-refractivity contribution in [1.82, 2.24) is 0 Å². The summed E-state index contributed by atoms with van der Waals surface area (Å²) < 4.78 is 31.7. The van der Waals surface area contributed by atoms with E-state index in [1.165, 1.54) is 19.2 Å². The van der Waals surface area contributed by atoms with E-state index in [-0.39, 0.29) is 27.1 Å². The minimum absolute atomic E-state index is 0.0219. The van der Waals surface area contributed by atoms with Crippen molar-refractivity contribution >= 4 is 39.0 Å². The molecule has 0 spiro atoms. The monoisotopic (exact) mass is 356 g/mol. The molecule has 7 heteroatoms. The predicted octanol–water partition coefficient (Wildman–Crippen LogP) is 3.84. The van der Waals surface area contributed by atoms with Gasteiger partial charge in [-0.1, -0.05) is 6.07 Å². The lowest BCUT2D eigenvalue weighted by molar-refractivity contribution is 0.0602. The third kappa shape index (κ3) is 3.13. The van der Waals surface area contributed by atoms with Crippen molar-refractivity contribution in [2.75, 3.05) is 18.2 Å². The summed E-state index contributed by atoms with van der Waals surface area (Å²) >= 11 is 2.97. The van der Waals surface area contributed by atoms with Crippen LogP contribution >= 0.6 is 15.9 Å². The fraction of sp³-hybridized carbons (Fsp3) is 0.0714. The highest BCUT2D eigenvalue weighted by Gasteiger charge is 2.16. The molecule has 0 fully saturated rings. The number of nitrogens with one attached hydrogen (secondary N) is 1. The van der Waals surface area contributed by atoms with Crippen molar-refractivity contribution < 1.29 is 18.3 Å². The third-order valence-electron chi connectivity index (χ3n) is 2.77. The molecule has 0 unspecified atom stereocenters. The molecule has 110 valence electrons. The van der Waals surface area contributed by atoms with Crippen LogP contribution in [0.25, 0.3) is 0 Å². The molecule has 3 N–H and O–H groups in total. The zero-order valence-electron chi connectivity index (χ0n) is 10.9. The van der Waals surface area contributed by atoms with Crippen LogP contribution in [-0.2, 0) is 4.74 Å². The molecule has 0 aliphatic carbocycles. The van der Waals surface area contributed by atoms with Crippen LogP contribution in [0, 0.1) is 11.6 Å². The molecule has 0 saturated carbocycles. The SMILES string of the molecule is COC(=O)c1cccc(N)c1Nc1cc(Br)c(F)cc1F. The summed E-state index contributed by atoms with van der Waals surface area (Å²) in [6.45, 7) is 0. The molecule has 21 heavy (non-hydrogen) atoms. The zero-order valence-corrected chi connectivity index (χ0v) is 12.5. The number of ether oxygens (including phenoxy) is 1. The minimum atomic E-state index is -0.810. The number of anilines is 3. The first-order chi connectivity index (χ1) is 9.93. The fourth-order valence-corrected chi connectivity index (χ4v) is 2.09. The second kappa shape index (κ2) is 6.09. The van der Waals surface area contributed by atoms with Crippen molar-refractivity contribution in [3.63, 3.8) is 0 Å². The Kier molecular flexibility index (Phi) is 4.42. The number of hydrogen-bond donors (Lipinski definition) is 2. The van der Waals surface area contributed by atoms with Crippen LogP contribution in [0.4, 0.5) is 25.8 Å². The standard InChI is InChI=1S/C14H11BrF2N2O2/c1-21-14(20)7-3-2-4-11(18)13(7)19-12-5-8(15)9(16)6-10(12)17/h2-6,19H,18H2,1H3. The van der Waals surface area contributed by atoms with Crippen LogP contribution in [0.5, 0.6) is 0 Å². The molecule has 0 bridgehead atoms. The number of nitrogen functional groups attached to an aromatic ring is 1. The molecule has 2 rings (SSSR count). The summed E-state index contributed by atoms with van der Waals surface area (Å²) in [5, 5.41) is 2.69. The van der Waals surface area contributed by atoms with Gasteiger partial charge in [0.1, 0.15) is 11.6 Å². The Morgan fingerprint density at radius 1 is 1.29 bits per heavy atom. The molecule has 0 radical (unpaired) electrons. The number of carbonyl (C=O) groups is 1. The normalized spacial score (nSPS) is 10.3. The summed E-state index contributed by atoms with van der Waals surface area (Å²) in [7, 11) is 1.23. The number of carbonyl (C=O) groups excluding carboxylic acids is 1. The van der Waals surface area contributed by atoms with Crippen molar-refractivity contribution in [3.05, 3.63) is 52.0 Å². The lowest BCUT2D eigenvalue weighted by atomic mass is 10.1. The van der Waals surface area contributed by atoms with E-state index in [0.717, 1.165) is 6.07 Å². The fourth-order valence-electron chi connectivity index (χ4n) is 1.74. The maximum atomic E-state index is 13.8. The van der Waals surface area contributed by atoms with Gasteiger partial charge in [-0.3, -0.25) is 0 Å². The Bertz CT molecular complexity index is 708. The number of para-hydroxylation sites is 1. The van der Waals surface area contributed by atoms with Gasteiger partial charge in [0.25, 0.3) is 0 Å². The summed E-state index contributed by atoms with van der Waals surface area (Å²) in [6.07, 6.45) is 0. The molecular formula is C14H11BrF2N2O2. The van der Waals surface area contributed by atoms with Gasteiger partial charge in [-0.15, -0.1) is 0 Å². The van der Waals surface area contributed by atoms with E-state index < -0.39 is 17.6 Å². The summed E-state index contributed by atoms with van der Waals surface area (Å²) in [5.74, 6) is -2.16. The third-order valence-corrected chi connectivity index (χ3v) is 3.38. The molecule has 0 saturated heterocycles. The Hall–Kier alpha value is -2.15. The molecule has 4 nitrogen and oxygen atoms in total. The van der Waals surface area contributed by atoms with Crippen LogP contribution in [0.15, 0.2) is 34.8 Å². The highest BCUT2D eigenvalue weighted by Crippen LogP contribution is 2.31. The van der Waals surface area contributed by atoms with Gasteiger partial charge in [-0.25, -0.2) is 13.6 Å². The quantitative estimate of drug-likeness (QED) is 0.498. The van der Waals surface area contributed by atoms with Gasteiger partial charge in [0, 0.05) is 6.07 Å². The average molecular weight is 357 g/mol. The first kappa shape index (κ1) is 15.2. The van der Waals surface area contributed by atoms with E-state index in [4.69, 9.17) is 5.73 Å². The topological polar surface area (TPSA) is 64.3 Å². The Morgan fingerprint density at radius 3 is 2.67 bits per heavy atom. The largest absolute Gasteiger partial charge is 0.465 e. The van der Waals surface area contributed by atoms with Crippen LogP contribution < -0.4 is 11.1 Å². The van der Waals surface area contributed by atoms with Gasteiger partial charge < -0.3 is 15.8 Å². The lowest BCUT2D eigenvalue weighted by Crippen LogP contribution is -2.08. The van der Waals surface area contributed by atoms with Crippen molar-refractivity contribution in [2.24, 2.45) is 0 Å². The van der Waals surface area contributed by atoms with E-state index in [0.29, 0.717) is 0 Å². The molecule has 0 atom stereocenters. The van der Waals surface area contributed by atoms with Crippen molar-refractivity contribution in [3.8, 4) is 0 Å². The molecule has 0 amide bonds. The van der Waals surface area contributed by atoms with E-state index in [2.05, 4.69) is 26.0 Å². The van der Waals surface area contributed by atoms with Crippen LogP contribution in [-0.4, -0.2) is 13.1 Å². The Labute approximate surface area is 128 Å². The van der Waals surface area contributed by atoms with Crippen LogP contribution in [0.2, 0.25) is 0 Å². The van der Waals surface area contributed by atoms with Gasteiger partial charge in [0.2, 0.25) is 0 Å². The van der Waals surface area contributed by atoms with E-state index in [9.17, 15) is 13.6 Å². The van der Waals surface area contributed by atoms with Crippen molar-refractivity contribution in [2.45, 2.75) is 0 Å². The first-order valence-electron chi connectivity index (χ1n) is 5.82. The first-order valence-corrected chi connectivity index (χ1v) is 6.61. The predicted molar refractivity (Wildman–Crippen MR) is 79.5 cm³/mol. The number of nitrogens with two attached hydrogens (primary N) is 1. The maximum Gasteiger partial charge on any atom is 0.340 e. The molecule has 0 heterocycles. The number of halogens is 3. The minimum Gasteiger partial charge on any atom is -0.465 e. The molecule has 0 aliphatic rings. The Morgan fingerprint density at radius 2 is 2.00 bits per heavy atom. The highest BCUT2D eigenvalue weighted by molar-refractivity contribution is 9.10. The summed E-state index contributed by atoms with van der Waals surface area (Å²) in [5.41, 5.74) is 6.36. The van der Waals surface area contributed by atoms with Gasteiger partial charge in [-0.05, 0) is 34.1 Å². The van der Waals surface area contributed by atoms with Crippen LogP contribution in [0.1, 0.15) is 10.4 Å².